The van der Waals surface area contributed by atoms with Crippen molar-refractivity contribution in [2.75, 3.05) is 6.61 Å². The summed E-state index contributed by atoms with van der Waals surface area (Å²) in [6.45, 7) is 5.97. The molecule has 0 aromatic carbocycles. The molecule has 0 unspecified atom stereocenters. The Morgan fingerprint density at radius 1 is 1.00 bits per heavy atom. The fraction of sp³-hybridized carbons (Fsp3) is 0.905. The Morgan fingerprint density at radius 2 is 1.82 bits per heavy atom. The van der Waals surface area contributed by atoms with Gasteiger partial charge in [-0.05, 0) is 99.7 Å². The smallest absolute Gasteiger partial charge is 0.0919 e. The fourth-order valence-corrected chi connectivity index (χ4v) is 7.63. The van der Waals surface area contributed by atoms with Gasteiger partial charge >= 0.3 is 0 Å². The van der Waals surface area contributed by atoms with Crippen molar-refractivity contribution in [2.24, 2.45) is 35.0 Å². The minimum absolute atomic E-state index is 0.378. The Bertz CT molecular complexity index is 502. The molecule has 5 rings (SSSR count). The topological polar surface area (TPSA) is 12.5 Å². The van der Waals surface area contributed by atoms with Gasteiger partial charge in [0.1, 0.15) is 0 Å². The second-order valence-electron chi connectivity index (χ2n) is 9.46. The van der Waals surface area contributed by atoms with E-state index in [1.165, 1.54) is 57.8 Å². The molecule has 4 saturated carbocycles. The number of epoxide rings is 1. The van der Waals surface area contributed by atoms with E-state index in [-0.39, 0.29) is 0 Å². The van der Waals surface area contributed by atoms with Gasteiger partial charge in [-0.1, -0.05) is 18.6 Å². The molecule has 0 radical (unpaired) electrons. The lowest BCUT2D eigenvalue weighted by molar-refractivity contribution is -0.0518. The van der Waals surface area contributed by atoms with Crippen LogP contribution in [0.2, 0.25) is 0 Å². The van der Waals surface area contributed by atoms with Crippen molar-refractivity contribution >= 4 is 0 Å². The number of hydrogen-bond donors (Lipinski definition) is 0. The van der Waals surface area contributed by atoms with E-state index in [1.807, 2.05) is 0 Å². The highest BCUT2D eigenvalue weighted by Crippen LogP contribution is 2.65. The van der Waals surface area contributed by atoms with Crippen LogP contribution in [0.3, 0.4) is 0 Å². The van der Waals surface area contributed by atoms with Crippen molar-refractivity contribution in [1.82, 2.24) is 0 Å². The fourth-order valence-electron chi connectivity index (χ4n) is 7.63. The summed E-state index contributed by atoms with van der Waals surface area (Å²) in [6.07, 6.45) is 15.6. The van der Waals surface area contributed by atoms with E-state index in [1.54, 1.807) is 5.57 Å². The molecule has 4 aliphatic carbocycles. The first-order valence-corrected chi connectivity index (χ1v) is 9.95. The van der Waals surface area contributed by atoms with Crippen LogP contribution in [0.1, 0.15) is 71.6 Å². The monoisotopic (exact) mass is 300 g/mol. The lowest BCUT2D eigenvalue weighted by Crippen LogP contribution is -2.48. The van der Waals surface area contributed by atoms with Gasteiger partial charge in [-0.25, -0.2) is 0 Å². The molecule has 1 spiro atoms. The van der Waals surface area contributed by atoms with Crippen LogP contribution in [0.4, 0.5) is 0 Å². The normalized spacial score (nSPS) is 58.3. The molecular formula is C21H32O. The molecule has 1 heteroatoms. The maximum Gasteiger partial charge on any atom is 0.0919 e. The summed E-state index contributed by atoms with van der Waals surface area (Å²) in [7, 11) is 0. The predicted molar refractivity (Wildman–Crippen MR) is 89.6 cm³/mol. The van der Waals surface area contributed by atoms with Gasteiger partial charge in [-0.15, -0.1) is 0 Å². The van der Waals surface area contributed by atoms with Crippen molar-refractivity contribution in [2.45, 2.75) is 77.2 Å². The van der Waals surface area contributed by atoms with E-state index < -0.39 is 0 Å². The maximum absolute atomic E-state index is 5.83. The summed E-state index contributed by atoms with van der Waals surface area (Å²) in [5.41, 5.74) is 2.74. The first-order chi connectivity index (χ1) is 10.7. The standard InChI is InChI=1S/C21H32O/c1-3-15-5-7-19-18-6-4-14-12-21(13-22-21)11-9-16(14)17(18)8-10-20(15,19)2/h3,14,16-19H,4-13H2,1-2H3/b15-3-/t14-,16-,17+,18+,19-,20+,21+/m0/s1. The summed E-state index contributed by atoms with van der Waals surface area (Å²) < 4.78 is 5.83. The average Bonchev–Trinajstić information content (AvgIpc) is 3.17. The third-order valence-electron chi connectivity index (χ3n) is 8.84. The molecule has 7 atom stereocenters. The third kappa shape index (κ3) is 1.81. The van der Waals surface area contributed by atoms with Gasteiger partial charge in [0, 0.05) is 0 Å². The molecule has 1 nitrogen and oxygen atoms in total. The highest BCUT2D eigenvalue weighted by molar-refractivity contribution is 5.23. The van der Waals surface area contributed by atoms with E-state index in [0.29, 0.717) is 11.0 Å². The molecule has 122 valence electrons. The van der Waals surface area contributed by atoms with Gasteiger partial charge in [0.25, 0.3) is 0 Å². The van der Waals surface area contributed by atoms with Crippen molar-refractivity contribution in [1.29, 1.82) is 0 Å². The highest BCUT2D eigenvalue weighted by atomic mass is 16.6. The summed E-state index contributed by atoms with van der Waals surface area (Å²) in [5, 5.41) is 0. The molecule has 5 fully saturated rings. The van der Waals surface area contributed by atoms with Gasteiger partial charge in [-0.3, -0.25) is 0 Å². The zero-order valence-electron chi connectivity index (χ0n) is 14.4. The van der Waals surface area contributed by atoms with E-state index in [0.717, 1.165) is 36.2 Å². The van der Waals surface area contributed by atoms with Gasteiger partial charge in [0.15, 0.2) is 0 Å². The van der Waals surface area contributed by atoms with E-state index in [9.17, 15) is 0 Å². The minimum Gasteiger partial charge on any atom is -0.370 e. The second-order valence-corrected chi connectivity index (χ2v) is 9.46. The number of ether oxygens (including phenoxy) is 1. The molecule has 0 bridgehead atoms. The van der Waals surface area contributed by atoms with Crippen LogP contribution in [0.5, 0.6) is 0 Å². The summed E-state index contributed by atoms with van der Waals surface area (Å²) in [4.78, 5) is 0. The minimum atomic E-state index is 0.378. The van der Waals surface area contributed by atoms with Crippen LogP contribution in [0, 0.1) is 35.0 Å². The molecule has 0 amide bonds. The summed E-state index contributed by atoms with van der Waals surface area (Å²) in [6, 6.07) is 0. The molecular weight excluding hydrogens is 268 g/mol. The lowest BCUT2D eigenvalue weighted by atomic mass is 9.50. The number of allylic oxidation sites excluding steroid dienone is 2. The van der Waals surface area contributed by atoms with Crippen molar-refractivity contribution in [3.8, 4) is 0 Å². The SMILES string of the molecule is C/C=C1/CC[C@H]2[C@@H]3CC[C@H]4C[C@]5(CC[C@@H]4[C@H]3CC[C@]12C)CO5. The Kier molecular flexibility index (Phi) is 2.96. The Labute approximate surface area is 135 Å². The second kappa shape index (κ2) is 4.62. The average molecular weight is 300 g/mol. The number of rotatable bonds is 0. The quantitative estimate of drug-likeness (QED) is 0.434. The molecule has 0 aromatic rings. The first-order valence-electron chi connectivity index (χ1n) is 9.95. The van der Waals surface area contributed by atoms with Crippen molar-refractivity contribution < 1.29 is 4.74 Å². The van der Waals surface area contributed by atoms with Crippen LogP contribution in [0.25, 0.3) is 0 Å². The molecule has 1 aliphatic heterocycles. The first kappa shape index (κ1) is 14.1. The van der Waals surface area contributed by atoms with Crippen LogP contribution >= 0.6 is 0 Å². The van der Waals surface area contributed by atoms with E-state index in [2.05, 4.69) is 19.9 Å². The number of fused-ring (bicyclic) bond motifs is 5. The van der Waals surface area contributed by atoms with Gasteiger partial charge in [-0.2, -0.15) is 0 Å². The molecule has 0 N–H and O–H groups in total. The summed E-state index contributed by atoms with van der Waals surface area (Å²) >= 11 is 0. The molecule has 5 aliphatic rings. The van der Waals surface area contributed by atoms with Gasteiger partial charge in [0.05, 0.1) is 12.2 Å². The van der Waals surface area contributed by atoms with Crippen LogP contribution in [0.15, 0.2) is 11.6 Å². The van der Waals surface area contributed by atoms with Crippen molar-refractivity contribution in [3.05, 3.63) is 11.6 Å². The van der Waals surface area contributed by atoms with Crippen LogP contribution in [-0.4, -0.2) is 12.2 Å². The molecule has 22 heavy (non-hydrogen) atoms. The van der Waals surface area contributed by atoms with E-state index >= 15 is 0 Å². The largest absolute Gasteiger partial charge is 0.370 e. The van der Waals surface area contributed by atoms with Crippen molar-refractivity contribution in [3.63, 3.8) is 0 Å². The highest BCUT2D eigenvalue weighted by Gasteiger charge is 2.58. The lowest BCUT2D eigenvalue weighted by Gasteiger charge is -2.55. The molecule has 0 aromatic heterocycles. The van der Waals surface area contributed by atoms with E-state index in [4.69, 9.17) is 4.74 Å². The van der Waals surface area contributed by atoms with Crippen LogP contribution < -0.4 is 0 Å². The van der Waals surface area contributed by atoms with Gasteiger partial charge < -0.3 is 4.74 Å². The number of hydrogen-bond acceptors (Lipinski definition) is 1. The van der Waals surface area contributed by atoms with Crippen LogP contribution in [-0.2, 0) is 4.74 Å². The van der Waals surface area contributed by atoms with Gasteiger partial charge in [0.2, 0.25) is 0 Å². The third-order valence-corrected chi connectivity index (χ3v) is 8.84. The predicted octanol–water partition coefficient (Wildman–Crippen LogP) is 5.35. The maximum atomic E-state index is 5.83. The summed E-state index contributed by atoms with van der Waals surface area (Å²) in [5.74, 6) is 5.17. The zero-order valence-corrected chi connectivity index (χ0v) is 14.4. The molecule has 1 saturated heterocycles. The Balaban J connectivity index is 1.40. The Hall–Kier alpha value is -0.300. The molecule has 1 heterocycles. The Morgan fingerprint density at radius 3 is 2.59 bits per heavy atom. The zero-order chi connectivity index (χ0) is 14.9.